The average molecular weight is 296 g/mol. The molecule has 2 rings (SSSR count). The smallest absolute Gasteiger partial charge is 0.253 e. The van der Waals surface area contributed by atoms with E-state index in [4.69, 9.17) is 11.6 Å². The van der Waals surface area contributed by atoms with Crippen LogP contribution in [0.4, 0.5) is 5.69 Å². The van der Waals surface area contributed by atoms with Crippen LogP contribution in [-0.4, -0.2) is 17.9 Å². The van der Waals surface area contributed by atoms with E-state index >= 15 is 0 Å². The van der Waals surface area contributed by atoms with Crippen LogP contribution in [0.1, 0.15) is 28.2 Å². The van der Waals surface area contributed by atoms with E-state index in [1.165, 1.54) is 11.3 Å². The lowest BCUT2D eigenvalue weighted by Gasteiger charge is -2.14. The molecule has 6 heteroatoms. The second kappa shape index (κ2) is 6.04. The molecule has 2 aromatic rings. The van der Waals surface area contributed by atoms with Crippen LogP contribution in [0.5, 0.6) is 0 Å². The minimum Gasteiger partial charge on any atom is -0.386 e. The van der Waals surface area contributed by atoms with Crippen LogP contribution >= 0.6 is 22.9 Å². The van der Waals surface area contributed by atoms with Gasteiger partial charge in [-0.2, -0.15) is 0 Å². The van der Waals surface area contributed by atoms with Crippen molar-refractivity contribution in [1.82, 2.24) is 10.3 Å². The van der Waals surface area contributed by atoms with Gasteiger partial charge in [-0.3, -0.25) is 9.78 Å². The van der Waals surface area contributed by atoms with Crippen molar-refractivity contribution >= 4 is 34.5 Å². The molecule has 0 aliphatic heterocycles. The van der Waals surface area contributed by atoms with Crippen molar-refractivity contribution in [3.63, 3.8) is 0 Å². The Morgan fingerprint density at radius 3 is 2.84 bits per heavy atom. The summed E-state index contributed by atoms with van der Waals surface area (Å²) in [6.45, 7) is 1.93. The number of hydrogen-bond donors (Lipinski definition) is 2. The number of anilines is 1. The first-order valence-electron chi connectivity index (χ1n) is 5.79. The van der Waals surface area contributed by atoms with E-state index in [9.17, 15) is 4.79 Å². The number of amides is 1. The normalized spacial score (nSPS) is 11.9. The first-order valence-corrected chi connectivity index (χ1v) is 6.99. The summed E-state index contributed by atoms with van der Waals surface area (Å²) in [5.74, 6) is -0.135. The van der Waals surface area contributed by atoms with Crippen LogP contribution < -0.4 is 10.6 Å². The van der Waals surface area contributed by atoms with Gasteiger partial charge in [-0.1, -0.05) is 11.6 Å². The quantitative estimate of drug-likeness (QED) is 0.910. The summed E-state index contributed by atoms with van der Waals surface area (Å²) in [6.07, 6.45) is 3.23. The number of aromatic nitrogens is 1. The van der Waals surface area contributed by atoms with Gasteiger partial charge >= 0.3 is 0 Å². The zero-order valence-corrected chi connectivity index (χ0v) is 12.2. The fourth-order valence-corrected chi connectivity index (χ4v) is 2.76. The van der Waals surface area contributed by atoms with Crippen LogP contribution in [0.2, 0.25) is 4.34 Å². The number of halogens is 1. The van der Waals surface area contributed by atoms with Gasteiger partial charge in [0.1, 0.15) is 0 Å². The minimum atomic E-state index is -0.135. The Hall–Kier alpha value is -1.59. The van der Waals surface area contributed by atoms with Gasteiger partial charge in [0.2, 0.25) is 0 Å². The standard InChI is InChI=1S/C13H14ClN3OS/c1-8(11-3-4-12(14)19-11)17-13(18)9-5-6-16-7-10(9)15-2/h3-8,15H,1-2H3,(H,17,18). The Kier molecular flexibility index (Phi) is 4.39. The maximum Gasteiger partial charge on any atom is 0.253 e. The molecule has 0 fully saturated rings. The van der Waals surface area contributed by atoms with E-state index in [1.54, 1.807) is 25.5 Å². The maximum atomic E-state index is 12.2. The number of thiophene rings is 1. The summed E-state index contributed by atoms with van der Waals surface area (Å²) in [4.78, 5) is 17.2. The lowest BCUT2D eigenvalue weighted by atomic mass is 10.2. The molecule has 2 N–H and O–H groups in total. The van der Waals surface area contributed by atoms with E-state index in [0.717, 1.165) is 9.21 Å². The van der Waals surface area contributed by atoms with Crippen molar-refractivity contribution < 1.29 is 4.79 Å². The van der Waals surface area contributed by atoms with Crippen LogP contribution in [0.25, 0.3) is 0 Å². The summed E-state index contributed by atoms with van der Waals surface area (Å²) >= 11 is 7.36. The highest BCUT2D eigenvalue weighted by molar-refractivity contribution is 7.16. The van der Waals surface area contributed by atoms with Crippen molar-refractivity contribution in [2.45, 2.75) is 13.0 Å². The Morgan fingerprint density at radius 2 is 2.21 bits per heavy atom. The molecule has 1 unspecified atom stereocenters. The molecular formula is C13H14ClN3OS. The summed E-state index contributed by atoms with van der Waals surface area (Å²) < 4.78 is 0.718. The SMILES string of the molecule is CNc1cnccc1C(=O)NC(C)c1ccc(Cl)s1. The lowest BCUT2D eigenvalue weighted by molar-refractivity contribution is 0.0941. The van der Waals surface area contributed by atoms with Crippen molar-refractivity contribution in [1.29, 1.82) is 0 Å². The number of rotatable bonds is 4. The number of pyridine rings is 1. The molecule has 0 aromatic carbocycles. The van der Waals surface area contributed by atoms with Gasteiger partial charge in [0, 0.05) is 18.1 Å². The first-order chi connectivity index (χ1) is 9.11. The number of hydrogen-bond acceptors (Lipinski definition) is 4. The molecule has 0 aliphatic rings. The predicted octanol–water partition coefficient (Wildman–Crippen LogP) is 3.33. The Morgan fingerprint density at radius 1 is 1.42 bits per heavy atom. The van der Waals surface area contributed by atoms with E-state index in [2.05, 4.69) is 15.6 Å². The first kappa shape index (κ1) is 13.8. The minimum absolute atomic E-state index is 0.0807. The zero-order valence-electron chi connectivity index (χ0n) is 10.6. The molecule has 0 radical (unpaired) electrons. The molecule has 0 spiro atoms. The second-order valence-electron chi connectivity index (χ2n) is 4.01. The van der Waals surface area contributed by atoms with Crippen molar-refractivity contribution in [3.8, 4) is 0 Å². The number of carbonyl (C=O) groups excluding carboxylic acids is 1. The van der Waals surface area contributed by atoms with Gasteiger partial charge in [-0.25, -0.2) is 0 Å². The van der Waals surface area contributed by atoms with E-state index in [0.29, 0.717) is 11.3 Å². The lowest BCUT2D eigenvalue weighted by Crippen LogP contribution is -2.26. The van der Waals surface area contributed by atoms with E-state index in [-0.39, 0.29) is 11.9 Å². The predicted molar refractivity (Wildman–Crippen MR) is 79.0 cm³/mol. The second-order valence-corrected chi connectivity index (χ2v) is 5.75. The highest BCUT2D eigenvalue weighted by Gasteiger charge is 2.15. The summed E-state index contributed by atoms with van der Waals surface area (Å²) in [6, 6.07) is 5.36. The highest BCUT2D eigenvalue weighted by Crippen LogP contribution is 2.27. The third kappa shape index (κ3) is 3.24. The molecule has 1 atom stereocenters. The fraction of sp³-hybridized carbons (Fsp3) is 0.231. The molecule has 1 amide bonds. The van der Waals surface area contributed by atoms with E-state index < -0.39 is 0 Å². The van der Waals surface area contributed by atoms with E-state index in [1.807, 2.05) is 19.1 Å². The molecule has 100 valence electrons. The molecule has 2 aromatic heterocycles. The molecule has 2 heterocycles. The van der Waals surface area contributed by atoms with Crippen molar-refractivity contribution in [2.24, 2.45) is 0 Å². The monoisotopic (exact) mass is 295 g/mol. The van der Waals surface area contributed by atoms with Crippen LogP contribution in [0.15, 0.2) is 30.6 Å². The maximum absolute atomic E-state index is 12.2. The average Bonchev–Trinajstić information content (AvgIpc) is 2.85. The van der Waals surface area contributed by atoms with Gasteiger partial charge in [0.25, 0.3) is 5.91 Å². The molecule has 0 bridgehead atoms. The van der Waals surface area contributed by atoms with Gasteiger partial charge < -0.3 is 10.6 Å². The Bertz CT molecular complexity index is 585. The summed E-state index contributed by atoms with van der Waals surface area (Å²) in [5.41, 5.74) is 1.28. The Balaban J connectivity index is 2.12. The molecule has 0 saturated heterocycles. The molecule has 0 aliphatic carbocycles. The van der Waals surface area contributed by atoms with Gasteiger partial charge in [0.05, 0.1) is 27.8 Å². The van der Waals surface area contributed by atoms with Crippen molar-refractivity contribution in [2.75, 3.05) is 12.4 Å². The van der Waals surface area contributed by atoms with Crippen LogP contribution in [0.3, 0.4) is 0 Å². The van der Waals surface area contributed by atoms with Gasteiger partial charge in [-0.15, -0.1) is 11.3 Å². The summed E-state index contributed by atoms with van der Waals surface area (Å²) in [7, 11) is 1.76. The van der Waals surface area contributed by atoms with Crippen LogP contribution in [-0.2, 0) is 0 Å². The molecule has 0 saturated carbocycles. The molecule has 4 nitrogen and oxygen atoms in total. The third-order valence-corrected chi connectivity index (χ3v) is 4.12. The molecule has 19 heavy (non-hydrogen) atoms. The largest absolute Gasteiger partial charge is 0.386 e. The number of nitrogens with zero attached hydrogens (tertiary/aromatic N) is 1. The van der Waals surface area contributed by atoms with Gasteiger partial charge in [0.15, 0.2) is 0 Å². The molecular weight excluding hydrogens is 282 g/mol. The number of nitrogens with one attached hydrogen (secondary N) is 2. The Labute approximate surface area is 120 Å². The zero-order chi connectivity index (χ0) is 13.8. The summed E-state index contributed by atoms with van der Waals surface area (Å²) in [5, 5.41) is 5.90. The highest BCUT2D eigenvalue weighted by atomic mass is 35.5. The fourth-order valence-electron chi connectivity index (χ4n) is 1.70. The topological polar surface area (TPSA) is 54.0 Å². The van der Waals surface area contributed by atoms with Gasteiger partial charge in [-0.05, 0) is 25.1 Å². The van der Waals surface area contributed by atoms with Crippen molar-refractivity contribution in [3.05, 3.63) is 45.4 Å². The van der Waals surface area contributed by atoms with Crippen LogP contribution in [0, 0.1) is 0 Å². The number of carbonyl (C=O) groups is 1. The third-order valence-electron chi connectivity index (χ3n) is 2.70.